The largest absolute Gasteiger partial charge is 0.383 e. The number of aromatic nitrogens is 1. The summed E-state index contributed by atoms with van der Waals surface area (Å²) < 4.78 is 30.1. The second-order valence-electron chi connectivity index (χ2n) is 6.13. The number of ether oxygens (including phenoxy) is 1. The molecule has 0 saturated heterocycles. The second-order valence-corrected chi connectivity index (χ2v) is 7.88. The summed E-state index contributed by atoms with van der Waals surface area (Å²) in [5.41, 5.74) is 3.68. The summed E-state index contributed by atoms with van der Waals surface area (Å²) in [4.78, 5) is 15.5. The number of hydrogen-bond donors (Lipinski definition) is 3. The van der Waals surface area contributed by atoms with Crippen LogP contribution in [-0.2, 0) is 14.8 Å². The Balaban J connectivity index is 1.92. The van der Waals surface area contributed by atoms with E-state index in [1.54, 1.807) is 31.5 Å². The second kappa shape index (κ2) is 7.81. The topological polar surface area (TPSA) is 100 Å². The summed E-state index contributed by atoms with van der Waals surface area (Å²) in [6.45, 7) is 0.889. The van der Waals surface area contributed by atoms with Crippen LogP contribution in [-0.4, -0.2) is 45.8 Å². The molecule has 1 heterocycles. The summed E-state index contributed by atoms with van der Waals surface area (Å²) in [6.07, 6.45) is 2.90. The number of methoxy groups -OCH3 is 1. The van der Waals surface area contributed by atoms with E-state index in [1.807, 2.05) is 24.3 Å². The molecule has 7 nitrogen and oxygen atoms in total. The summed E-state index contributed by atoms with van der Waals surface area (Å²) in [7, 11) is -1.73. The molecule has 0 radical (unpaired) electrons. The molecule has 1 amide bonds. The van der Waals surface area contributed by atoms with Crippen LogP contribution in [0.4, 0.5) is 5.69 Å². The molecule has 0 bridgehead atoms. The summed E-state index contributed by atoms with van der Waals surface area (Å²) >= 11 is 0. The van der Waals surface area contributed by atoms with Crippen molar-refractivity contribution in [1.29, 1.82) is 0 Å². The first kappa shape index (κ1) is 18.9. The van der Waals surface area contributed by atoms with Gasteiger partial charge in [-0.1, -0.05) is 18.2 Å². The number of sulfonamides is 1. The van der Waals surface area contributed by atoms with Crippen LogP contribution in [0.15, 0.2) is 48.7 Å². The number of aromatic amines is 1. The van der Waals surface area contributed by atoms with Crippen molar-refractivity contribution in [3.05, 3.63) is 54.2 Å². The predicted octanol–water partition coefficient (Wildman–Crippen LogP) is 2.58. The minimum Gasteiger partial charge on any atom is -0.383 e. The predicted molar refractivity (Wildman–Crippen MR) is 106 cm³/mol. The van der Waals surface area contributed by atoms with Crippen LogP contribution in [0.2, 0.25) is 0 Å². The van der Waals surface area contributed by atoms with Gasteiger partial charge in [0.2, 0.25) is 10.0 Å². The molecule has 3 N–H and O–H groups in total. The van der Waals surface area contributed by atoms with E-state index in [4.69, 9.17) is 4.74 Å². The lowest BCUT2D eigenvalue weighted by molar-refractivity contribution is 0.0938. The zero-order chi connectivity index (χ0) is 19.4. The number of amides is 1. The van der Waals surface area contributed by atoms with E-state index < -0.39 is 10.0 Å². The Morgan fingerprint density at radius 1 is 1.11 bits per heavy atom. The number of fused-ring (bicyclic) bond motifs is 1. The van der Waals surface area contributed by atoms with Crippen molar-refractivity contribution in [1.82, 2.24) is 10.3 Å². The van der Waals surface area contributed by atoms with Crippen LogP contribution in [0.1, 0.15) is 10.4 Å². The van der Waals surface area contributed by atoms with Gasteiger partial charge in [-0.3, -0.25) is 9.52 Å². The lowest BCUT2D eigenvalue weighted by Crippen LogP contribution is -2.27. The number of hydrogen-bond acceptors (Lipinski definition) is 4. The SMILES string of the molecule is COCCNC(=O)c1ccc(-c2ccc(NS(C)(=O)=O)cc2)c2cc[nH]c12. The van der Waals surface area contributed by atoms with Crippen LogP contribution in [0.3, 0.4) is 0 Å². The molecule has 0 fully saturated rings. The fraction of sp³-hybridized carbons (Fsp3) is 0.211. The molecule has 0 unspecified atom stereocenters. The van der Waals surface area contributed by atoms with E-state index in [1.165, 1.54) is 0 Å². The monoisotopic (exact) mass is 387 g/mol. The quantitative estimate of drug-likeness (QED) is 0.543. The first-order valence-corrected chi connectivity index (χ1v) is 10.2. The van der Waals surface area contributed by atoms with Gasteiger partial charge in [0.15, 0.2) is 0 Å². The van der Waals surface area contributed by atoms with Gasteiger partial charge in [0.1, 0.15) is 0 Å². The molecule has 8 heteroatoms. The van der Waals surface area contributed by atoms with Crippen molar-refractivity contribution in [3.63, 3.8) is 0 Å². The Kier molecular flexibility index (Phi) is 5.48. The molecular weight excluding hydrogens is 366 g/mol. The molecule has 0 saturated carbocycles. The number of anilines is 1. The van der Waals surface area contributed by atoms with Gasteiger partial charge >= 0.3 is 0 Å². The lowest BCUT2D eigenvalue weighted by Gasteiger charge is -2.10. The van der Waals surface area contributed by atoms with Crippen LogP contribution < -0.4 is 10.0 Å². The third kappa shape index (κ3) is 4.47. The van der Waals surface area contributed by atoms with E-state index >= 15 is 0 Å². The molecule has 0 spiro atoms. The molecule has 27 heavy (non-hydrogen) atoms. The van der Waals surface area contributed by atoms with E-state index in [0.717, 1.165) is 28.3 Å². The van der Waals surface area contributed by atoms with Crippen LogP contribution in [0.25, 0.3) is 22.0 Å². The molecule has 0 aliphatic rings. The van der Waals surface area contributed by atoms with Gasteiger partial charge in [-0.05, 0) is 35.4 Å². The molecule has 0 atom stereocenters. The first-order valence-electron chi connectivity index (χ1n) is 8.34. The molecule has 142 valence electrons. The smallest absolute Gasteiger partial charge is 0.253 e. The number of carbonyl (C=O) groups excluding carboxylic acids is 1. The van der Waals surface area contributed by atoms with Crippen LogP contribution >= 0.6 is 0 Å². The number of H-pyrrole nitrogens is 1. The van der Waals surface area contributed by atoms with Crippen molar-refractivity contribution < 1.29 is 17.9 Å². The molecule has 0 aliphatic carbocycles. The van der Waals surface area contributed by atoms with E-state index in [2.05, 4.69) is 15.0 Å². The third-order valence-electron chi connectivity index (χ3n) is 4.06. The molecular formula is C19H21N3O4S. The summed E-state index contributed by atoms with van der Waals surface area (Å²) in [5.74, 6) is -0.168. The van der Waals surface area contributed by atoms with Crippen molar-refractivity contribution in [2.24, 2.45) is 0 Å². The van der Waals surface area contributed by atoms with E-state index in [9.17, 15) is 13.2 Å². The summed E-state index contributed by atoms with van der Waals surface area (Å²) in [5, 5.41) is 3.74. The van der Waals surface area contributed by atoms with Gasteiger partial charge in [0.05, 0.1) is 23.9 Å². The zero-order valence-electron chi connectivity index (χ0n) is 15.1. The number of carbonyl (C=O) groups is 1. The Hall–Kier alpha value is -2.84. The normalized spacial score (nSPS) is 11.5. The highest BCUT2D eigenvalue weighted by Crippen LogP contribution is 2.31. The maximum atomic E-state index is 12.4. The Bertz CT molecular complexity index is 1060. The van der Waals surface area contributed by atoms with Gasteiger partial charge in [-0.15, -0.1) is 0 Å². The van der Waals surface area contributed by atoms with Gasteiger partial charge in [0, 0.05) is 30.9 Å². The molecule has 1 aromatic heterocycles. The Morgan fingerprint density at radius 2 is 1.85 bits per heavy atom. The highest BCUT2D eigenvalue weighted by Gasteiger charge is 2.14. The minimum atomic E-state index is -3.31. The van der Waals surface area contributed by atoms with Crippen LogP contribution in [0.5, 0.6) is 0 Å². The fourth-order valence-electron chi connectivity index (χ4n) is 2.89. The average molecular weight is 387 g/mol. The van der Waals surface area contributed by atoms with E-state index in [0.29, 0.717) is 24.4 Å². The third-order valence-corrected chi connectivity index (χ3v) is 4.67. The van der Waals surface area contributed by atoms with Gasteiger partial charge in [-0.2, -0.15) is 0 Å². The van der Waals surface area contributed by atoms with Gasteiger partial charge < -0.3 is 15.0 Å². The minimum absolute atomic E-state index is 0.168. The lowest BCUT2D eigenvalue weighted by atomic mass is 9.98. The zero-order valence-corrected chi connectivity index (χ0v) is 15.9. The maximum Gasteiger partial charge on any atom is 0.253 e. The van der Waals surface area contributed by atoms with Crippen molar-refractivity contribution in [2.45, 2.75) is 0 Å². The Labute approximate surface area is 157 Å². The van der Waals surface area contributed by atoms with E-state index in [-0.39, 0.29) is 5.91 Å². The molecule has 0 aliphatic heterocycles. The number of nitrogens with one attached hydrogen (secondary N) is 3. The maximum absolute atomic E-state index is 12.4. The summed E-state index contributed by atoms with van der Waals surface area (Å²) in [6, 6.07) is 12.7. The highest BCUT2D eigenvalue weighted by molar-refractivity contribution is 7.92. The van der Waals surface area contributed by atoms with Crippen LogP contribution in [0, 0.1) is 0 Å². The fourth-order valence-corrected chi connectivity index (χ4v) is 3.46. The Morgan fingerprint density at radius 3 is 2.52 bits per heavy atom. The van der Waals surface area contributed by atoms with Gasteiger partial charge in [-0.25, -0.2) is 8.42 Å². The number of benzene rings is 2. The average Bonchev–Trinajstić information content (AvgIpc) is 3.10. The number of rotatable bonds is 7. The van der Waals surface area contributed by atoms with Crippen molar-refractivity contribution in [2.75, 3.05) is 31.2 Å². The molecule has 2 aromatic carbocycles. The first-order chi connectivity index (χ1) is 12.9. The molecule has 3 aromatic rings. The van der Waals surface area contributed by atoms with Gasteiger partial charge in [0.25, 0.3) is 5.91 Å². The standard InChI is InChI=1S/C19H21N3O4S/c1-26-12-11-21-19(23)17-8-7-15(16-9-10-20-18(16)17)13-3-5-14(6-4-13)22-27(2,24)25/h3-10,20,22H,11-12H2,1-2H3,(H,21,23). The van der Waals surface area contributed by atoms with Crippen molar-refractivity contribution >= 4 is 32.5 Å². The molecule has 3 rings (SSSR count). The highest BCUT2D eigenvalue weighted by atomic mass is 32.2. The van der Waals surface area contributed by atoms with Crippen molar-refractivity contribution in [3.8, 4) is 11.1 Å².